The number of rotatable bonds is 7. The third-order valence-corrected chi connectivity index (χ3v) is 4.58. The number of ether oxygens (including phenoxy) is 2. The number of hydrogen-bond donors (Lipinski definition) is 1. The smallest absolute Gasteiger partial charge is 0.329 e. The zero-order valence-electron chi connectivity index (χ0n) is 16.5. The molecule has 0 aliphatic carbocycles. The van der Waals surface area contributed by atoms with Crippen molar-refractivity contribution in [3.63, 3.8) is 0 Å². The molecule has 0 bridgehead atoms. The van der Waals surface area contributed by atoms with Gasteiger partial charge < -0.3 is 14.8 Å². The third-order valence-electron chi connectivity index (χ3n) is 4.58. The minimum absolute atomic E-state index is 0.111. The Bertz CT molecular complexity index is 1060. The van der Waals surface area contributed by atoms with Gasteiger partial charge in [-0.25, -0.2) is 4.79 Å². The van der Waals surface area contributed by atoms with Crippen LogP contribution < -0.4 is 10.1 Å². The number of nitrogens with zero attached hydrogens (tertiary/aromatic N) is 2. The number of carbonyl (C=O) groups is 4. The van der Waals surface area contributed by atoms with Crippen LogP contribution in [0.15, 0.2) is 42.5 Å². The number of nitro groups is 1. The van der Waals surface area contributed by atoms with E-state index in [2.05, 4.69) is 5.32 Å². The van der Waals surface area contributed by atoms with Crippen molar-refractivity contribution in [2.24, 2.45) is 0 Å². The fourth-order valence-corrected chi connectivity index (χ4v) is 3.00. The lowest BCUT2D eigenvalue weighted by Crippen LogP contribution is -2.44. The van der Waals surface area contributed by atoms with Gasteiger partial charge in [0.1, 0.15) is 17.5 Å². The number of nitro benzene ring substituents is 1. The van der Waals surface area contributed by atoms with Gasteiger partial charge in [0, 0.05) is 0 Å². The molecule has 0 spiro atoms. The van der Waals surface area contributed by atoms with Gasteiger partial charge in [-0.05, 0) is 31.2 Å². The lowest BCUT2D eigenvalue weighted by atomic mass is 10.1. The molecular formula is C20H17N3O8. The summed E-state index contributed by atoms with van der Waals surface area (Å²) in [6.07, 6.45) is 0. The highest BCUT2D eigenvalue weighted by atomic mass is 16.6. The number of amides is 3. The molecule has 1 atom stereocenters. The Morgan fingerprint density at radius 3 is 2.29 bits per heavy atom. The van der Waals surface area contributed by atoms with Crippen molar-refractivity contribution < 1.29 is 33.6 Å². The minimum atomic E-state index is -1.27. The highest BCUT2D eigenvalue weighted by Crippen LogP contribution is 2.29. The molecule has 2 aromatic carbocycles. The van der Waals surface area contributed by atoms with E-state index in [9.17, 15) is 29.3 Å². The van der Waals surface area contributed by atoms with Crippen molar-refractivity contribution in [1.82, 2.24) is 4.90 Å². The molecule has 11 heteroatoms. The summed E-state index contributed by atoms with van der Waals surface area (Å²) in [6, 6.07) is 8.70. The average molecular weight is 427 g/mol. The SMILES string of the molecule is COc1ccc(NC(=O)COC(=O)[C@H](C)N2C(=O)c3ccccc3C2=O)c([N+](=O)[O-])c1. The Hall–Kier alpha value is -4.28. The topological polar surface area (TPSA) is 145 Å². The largest absolute Gasteiger partial charge is 0.496 e. The van der Waals surface area contributed by atoms with Crippen LogP contribution in [0.5, 0.6) is 5.75 Å². The standard InChI is InChI=1S/C20H17N3O8/c1-11(22-18(25)13-5-3-4-6-14(13)19(22)26)20(27)31-10-17(24)21-15-8-7-12(30-2)9-16(15)23(28)29/h3-9,11H,10H2,1-2H3,(H,21,24)/t11-/m0/s1. The van der Waals surface area contributed by atoms with E-state index in [1.807, 2.05) is 0 Å². The Balaban J connectivity index is 1.62. The first-order chi connectivity index (χ1) is 14.7. The summed E-state index contributed by atoms with van der Waals surface area (Å²) < 4.78 is 9.81. The maximum absolute atomic E-state index is 12.4. The van der Waals surface area contributed by atoms with Crippen molar-refractivity contribution in [2.75, 3.05) is 19.0 Å². The Morgan fingerprint density at radius 2 is 1.74 bits per heavy atom. The fraction of sp³-hybridized carbons (Fsp3) is 0.200. The number of methoxy groups -OCH3 is 1. The van der Waals surface area contributed by atoms with E-state index in [1.165, 1.54) is 38.3 Å². The van der Waals surface area contributed by atoms with E-state index in [0.29, 0.717) is 0 Å². The second-order valence-corrected chi connectivity index (χ2v) is 6.50. The van der Waals surface area contributed by atoms with Gasteiger partial charge in [0.15, 0.2) is 6.61 Å². The van der Waals surface area contributed by atoms with Gasteiger partial charge in [-0.1, -0.05) is 12.1 Å². The van der Waals surface area contributed by atoms with Crippen LogP contribution in [0.3, 0.4) is 0 Å². The third kappa shape index (κ3) is 4.20. The predicted molar refractivity (Wildman–Crippen MR) is 106 cm³/mol. The summed E-state index contributed by atoms with van der Waals surface area (Å²) in [5.74, 6) is -2.86. The van der Waals surface area contributed by atoms with E-state index in [0.717, 1.165) is 11.0 Å². The van der Waals surface area contributed by atoms with Crippen LogP contribution in [0.1, 0.15) is 27.6 Å². The van der Waals surface area contributed by atoms with Crippen LogP contribution in [0.25, 0.3) is 0 Å². The Labute approximate surface area is 175 Å². The molecule has 31 heavy (non-hydrogen) atoms. The molecule has 160 valence electrons. The van der Waals surface area contributed by atoms with Crippen LogP contribution in [0.2, 0.25) is 0 Å². The average Bonchev–Trinajstić information content (AvgIpc) is 3.02. The molecule has 0 saturated heterocycles. The van der Waals surface area contributed by atoms with E-state index >= 15 is 0 Å². The number of anilines is 1. The van der Waals surface area contributed by atoms with Gasteiger partial charge in [-0.15, -0.1) is 0 Å². The van der Waals surface area contributed by atoms with Crippen molar-refractivity contribution in [1.29, 1.82) is 0 Å². The highest BCUT2D eigenvalue weighted by Gasteiger charge is 2.41. The molecule has 0 aromatic heterocycles. The van der Waals surface area contributed by atoms with Crippen LogP contribution in [0.4, 0.5) is 11.4 Å². The molecule has 1 aliphatic heterocycles. The minimum Gasteiger partial charge on any atom is -0.496 e. The second-order valence-electron chi connectivity index (χ2n) is 6.50. The van der Waals surface area contributed by atoms with Gasteiger partial charge in [0.2, 0.25) is 0 Å². The summed E-state index contributed by atoms with van der Waals surface area (Å²) in [4.78, 5) is 60.5. The summed E-state index contributed by atoms with van der Waals surface area (Å²) in [5, 5.41) is 13.5. The number of hydrogen-bond acceptors (Lipinski definition) is 8. The molecule has 1 N–H and O–H groups in total. The number of carbonyl (C=O) groups excluding carboxylic acids is 4. The van der Waals surface area contributed by atoms with Crippen molar-refractivity contribution >= 4 is 35.1 Å². The molecule has 11 nitrogen and oxygen atoms in total. The summed E-state index contributed by atoms with van der Waals surface area (Å²) in [7, 11) is 1.34. The van der Waals surface area contributed by atoms with Crippen LogP contribution in [-0.2, 0) is 14.3 Å². The quantitative estimate of drug-likeness (QED) is 0.305. The molecule has 0 saturated carbocycles. The second kappa shape index (κ2) is 8.61. The van der Waals surface area contributed by atoms with Crippen molar-refractivity contribution in [3.05, 3.63) is 63.7 Å². The normalized spacial score (nSPS) is 13.4. The summed E-state index contributed by atoms with van der Waals surface area (Å²) in [5.41, 5.74) is -0.160. The van der Waals surface area contributed by atoms with Gasteiger partial charge >= 0.3 is 5.97 Å². The van der Waals surface area contributed by atoms with Crippen molar-refractivity contribution in [2.45, 2.75) is 13.0 Å². The molecular weight excluding hydrogens is 410 g/mol. The number of fused-ring (bicyclic) bond motifs is 1. The maximum Gasteiger partial charge on any atom is 0.329 e. The Kier molecular flexibility index (Phi) is 5.95. The van der Waals surface area contributed by atoms with Crippen LogP contribution in [0, 0.1) is 10.1 Å². The van der Waals surface area contributed by atoms with Crippen molar-refractivity contribution in [3.8, 4) is 5.75 Å². The van der Waals surface area contributed by atoms with E-state index in [1.54, 1.807) is 12.1 Å². The molecule has 0 fully saturated rings. The lowest BCUT2D eigenvalue weighted by molar-refractivity contribution is -0.384. The summed E-state index contributed by atoms with van der Waals surface area (Å²) >= 11 is 0. The number of imide groups is 1. The van der Waals surface area contributed by atoms with Crippen LogP contribution in [-0.4, -0.2) is 53.3 Å². The van der Waals surface area contributed by atoms with Gasteiger partial charge in [-0.3, -0.25) is 29.4 Å². The summed E-state index contributed by atoms with van der Waals surface area (Å²) in [6.45, 7) is 0.533. The number of benzene rings is 2. The van der Waals surface area contributed by atoms with E-state index < -0.39 is 47.0 Å². The lowest BCUT2D eigenvalue weighted by Gasteiger charge is -2.20. The van der Waals surface area contributed by atoms with E-state index in [4.69, 9.17) is 9.47 Å². The van der Waals surface area contributed by atoms with E-state index in [-0.39, 0.29) is 22.6 Å². The Morgan fingerprint density at radius 1 is 1.13 bits per heavy atom. The first-order valence-corrected chi connectivity index (χ1v) is 9.00. The van der Waals surface area contributed by atoms with Gasteiger partial charge in [0.25, 0.3) is 23.4 Å². The fourth-order valence-electron chi connectivity index (χ4n) is 3.00. The predicted octanol–water partition coefficient (Wildman–Crippen LogP) is 1.77. The molecule has 1 heterocycles. The number of esters is 1. The monoisotopic (exact) mass is 427 g/mol. The molecule has 2 aromatic rings. The zero-order chi connectivity index (χ0) is 22.7. The molecule has 1 aliphatic rings. The molecule has 0 radical (unpaired) electrons. The zero-order valence-corrected chi connectivity index (χ0v) is 16.5. The first-order valence-electron chi connectivity index (χ1n) is 9.00. The molecule has 3 rings (SSSR count). The molecule has 3 amide bonds. The highest BCUT2D eigenvalue weighted by molar-refractivity contribution is 6.22. The first kappa shape index (κ1) is 21.4. The van der Waals surface area contributed by atoms with Gasteiger partial charge in [-0.2, -0.15) is 0 Å². The van der Waals surface area contributed by atoms with Gasteiger partial charge in [0.05, 0.1) is 29.2 Å². The van der Waals surface area contributed by atoms with Crippen LogP contribution >= 0.6 is 0 Å². The maximum atomic E-state index is 12.4. The molecule has 0 unspecified atom stereocenters. The number of nitrogens with one attached hydrogen (secondary N) is 1.